The highest BCUT2D eigenvalue weighted by Crippen LogP contribution is 2.49. The smallest absolute Gasteiger partial charge is 0.410 e. The zero-order valence-corrected chi connectivity index (χ0v) is 27.4. The molecule has 12 heteroatoms. The first-order chi connectivity index (χ1) is 21.0. The van der Waals surface area contributed by atoms with E-state index in [1.165, 1.54) is 0 Å². The molecule has 1 saturated heterocycles. The van der Waals surface area contributed by atoms with Gasteiger partial charge in [0.25, 0.3) is 5.56 Å². The van der Waals surface area contributed by atoms with Gasteiger partial charge in [-0.2, -0.15) is 4.98 Å². The molecule has 1 amide bonds. The number of ether oxygens (including phenoxy) is 2. The van der Waals surface area contributed by atoms with Crippen molar-refractivity contribution in [2.24, 2.45) is 5.41 Å². The number of aromatic nitrogens is 3. The van der Waals surface area contributed by atoms with Crippen LogP contribution in [0.3, 0.4) is 0 Å². The minimum Gasteiger partial charge on any atom is -0.444 e. The molecule has 1 spiro atoms. The third-order valence-electron chi connectivity index (χ3n) is 8.64. The lowest BCUT2D eigenvalue weighted by Crippen LogP contribution is -2.65. The second-order valence-electron chi connectivity index (χ2n) is 13.4. The molecular formula is C32H41ClN6O4S. The Labute approximate surface area is 267 Å². The first kappa shape index (κ1) is 31.1. The van der Waals surface area contributed by atoms with Crippen molar-refractivity contribution in [1.82, 2.24) is 24.2 Å². The molecule has 6 rings (SSSR count). The van der Waals surface area contributed by atoms with Crippen molar-refractivity contribution in [1.29, 1.82) is 0 Å². The van der Waals surface area contributed by atoms with Gasteiger partial charge in [-0.05, 0) is 95.2 Å². The maximum atomic E-state index is 12.9. The van der Waals surface area contributed by atoms with Crippen LogP contribution in [0.25, 0.3) is 11.0 Å². The van der Waals surface area contributed by atoms with Crippen LogP contribution in [0.4, 0.5) is 16.4 Å². The number of likely N-dealkylation sites (tertiary alicyclic amines) is 1. The molecule has 1 aliphatic heterocycles. The monoisotopic (exact) mass is 640 g/mol. The Morgan fingerprint density at radius 3 is 2.64 bits per heavy atom. The topological polar surface area (TPSA) is 111 Å². The Morgan fingerprint density at radius 1 is 1.18 bits per heavy atom. The number of hydrogen-bond acceptors (Lipinski definition) is 9. The number of carbonyl (C=O) groups is 1. The molecule has 0 radical (unpaired) electrons. The molecule has 236 valence electrons. The number of carbonyl (C=O) groups excluding carboxylic acids is 1. The lowest BCUT2D eigenvalue weighted by molar-refractivity contribution is -0.145. The molecule has 3 fully saturated rings. The Hall–Kier alpha value is -2.86. The summed E-state index contributed by atoms with van der Waals surface area (Å²) in [5.74, 6) is 0.446. The van der Waals surface area contributed by atoms with E-state index in [1.807, 2.05) is 39.8 Å². The Bertz CT molecular complexity index is 1590. The van der Waals surface area contributed by atoms with Gasteiger partial charge in [0.2, 0.25) is 5.95 Å². The van der Waals surface area contributed by atoms with Gasteiger partial charge in [0, 0.05) is 53.3 Å². The summed E-state index contributed by atoms with van der Waals surface area (Å²) in [6, 6.07) is 7.95. The van der Waals surface area contributed by atoms with Crippen molar-refractivity contribution < 1.29 is 14.3 Å². The van der Waals surface area contributed by atoms with Crippen LogP contribution < -0.4 is 15.6 Å². The maximum Gasteiger partial charge on any atom is 0.410 e. The van der Waals surface area contributed by atoms with Gasteiger partial charge in [-0.25, -0.2) is 9.78 Å². The van der Waals surface area contributed by atoms with Crippen molar-refractivity contribution in [3.63, 3.8) is 0 Å². The Kier molecular flexibility index (Phi) is 8.85. The molecule has 3 heterocycles. The fraction of sp³-hybridized carbons (Fsp3) is 0.562. The molecule has 2 aromatic heterocycles. The van der Waals surface area contributed by atoms with Gasteiger partial charge in [0.1, 0.15) is 16.3 Å². The average molecular weight is 641 g/mol. The number of halogens is 1. The summed E-state index contributed by atoms with van der Waals surface area (Å²) in [6.07, 6.45) is 7.89. The van der Waals surface area contributed by atoms with E-state index in [-0.39, 0.29) is 34.2 Å². The van der Waals surface area contributed by atoms with Gasteiger partial charge in [0.05, 0.1) is 12.7 Å². The summed E-state index contributed by atoms with van der Waals surface area (Å²) in [4.78, 5) is 37.2. The molecule has 44 heavy (non-hydrogen) atoms. The normalized spacial score (nSPS) is 18.4. The third kappa shape index (κ3) is 6.85. The van der Waals surface area contributed by atoms with Crippen molar-refractivity contribution in [3.05, 3.63) is 51.4 Å². The van der Waals surface area contributed by atoms with Crippen molar-refractivity contribution in [3.8, 4) is 0 Å². The lowest BCUT2D eigenvalue weighted by atomic mass is 9.62. The summed E-state index contributed by atoms with van der Waals surface area (Å²) >= 11 is 7.84. The predicted molar refractivity (Wildman–Crippen MR) is 174 cm³/mol. The summed E-state index contributed by atoms with van der Waals surface area (Å²) in [5.41, 5.74) is 2.15. The van der Waals surface area contributed by atoms with Crippen LogP contribution in [0.1, 0.15) is 70.9 Å². The molecular weight excluding hydrogens is 600 g/mol. The highest BCUT2D eigenvalue weighted by Gasteiger charge is 2.54. The second-order valence-corrected chi connectivity index (χ2v) is 14.8. The fourth-order valence-electron chi connectivity index (χ4n) is 6.51. The first-order valence-electron chi connectivity index (χ1n) is 15.4. The minimum absolute atomic E-state index is 0.118. The number of nitrogens with one attached hydrogen (secondary N) is 2. The zero-order valence-electron chi connectivity index (χ0n) is 25.8. The molecule has 10 nitrogen and oxygen atoms in total. The number of fused-ring (bicyclic) bond motifs is 1. The molecule has 2 saturated carbocycles. The van der Waals surface area contributed by atoms with Gasteiger partial charge >= 0.3 is 6.09 Å². The van der Waals surface area contributed by atoms with E-state index in [2.05, 4.69) is 21.1 Å². The highest BCUT2D eigenvalue weighted by atomic mass is 35.5. The van der Waals surface area contributed by atoms with E-state index in [0.717, 1.165) is 79.7 Å². The largest absolute Gasteiger partial charge is 0.444 e. The Balaban J connectivity index is 0.955. The number of rotatable bonds is 9. The average Bonchev–Trinajstić information content (AvgIpc) is 3.44. The highest BCUT2D eigenvalue weighted by molar-refractivity contribution is 7.97. The number of pyridine rings is 1. The molecule has 2 N–H and O–H groups in total. The van der Waals surface area contributed by atoms with E-state index in [0.29, 0.717) is 18.2 Å². The molecule has 1 aromatic carbocycles. The van der Waals surface area contributed by atoms with Gasteiger partial charge in [-0.3, -0.25) is 14.1 Å². The fourth-order valence-corrected chi connectivity index (χ4v) is 7.44. The van der Waals surface area contributed by atoms with E-state index in [1.54, 1.807) is 33.7 Å². The predicted octanol–water partition coefficient (Wildman–Crippen LogP) is 6.62. The summed E-state index contributed by atoms with van der Waals surface area (Å²) in [7, 11) is 0. The van der Waals surface area contributed by atoms with E-state index < -0.39 is 5.60 Å². The quantitative estimate of drug-likeness (QED) is 0.197. The van der Waals surface area contributed by atoms with E-state index in [4.69, 9.17) is 26.1 Å². The van der Waals surface area contributed by atoms with Gasteiger partial charge < -0.3 is 19.7 Å². The second kappa shape index (κ2) is 12.5. The van der Waals surface area contributed by atoms with Crippen LogP contribution in [0, 0.1) is 12.3 Å². The molecule has 0 unspecified atom stereocenters. The number of aryl methyl sites for hydroxylation is 1. The van der Waals surface area contributed by atoms with Crippen molar-refractivity contribution >= 4 is 52.3 Å². The van der Waals surface area contributed by atoms with Gasteiger partial charge in [-0.15, -0.1) is 0 Å². The van der Waals surface area contributed by atoms with Gasteiger partial charge in [0.15, 0.2) is 0 Å². The van der Waals surface area contributed by atoms with Crippen LogP contribution in [0.15, 0.2) is 40.2 Å². The van der Waals surface area contributed by atoms with Crippen molar-refractivity contribution in [2.45, 2.75) is 88.9 Å². The van der Waals surface area contributed by atoms with Crippen LogP contribution in [0.5, 0.6) is 0 Å². The summed E-state index contributed by atoms with van der Waals surface area (Å²) in [6.45, 7) is 10.6. The number of hydrogen-bond donors (Lipinski definition) is 2. The third-order valence-corrected chi connectivity index (χ3v) is 9.75. The zero-order chi connectivity index (χ0) is 31.1. The van der Waals surface area contributed by atoms with Crippen molar-refractivity contribution in [2.75, 3.05) is 31.6 Å². The van der Waals surface area contributed by atoms with Crippen LogP contribution in [-0.4, -0.2) is 63.5 Å². The maximum absolute atomic E-state index is 12.9. The molecule has 3 aliphatic rings. The van der Waals surface area contributed by atoms with Crippen LogP contribution in [-0.2, 0) is 9.47 Å². The summed E-state index contributed by atoms with van der Waals surface area (Å²) < 4.78 is 16.7. The van der Waals surface area contributed by atoms with E-state index in [9.17, 15) is 9.59 Å². The first-order valence-corrected chi connectivity index (χ1v) is 16.6. The van der Waals surface area contributed by atoms with Gasteiger partial charge in [-0.1, -0.05) is 24.4 Å². The van der Waals surface area contributed by atoms with E-state index >= 15 is 0 Å². The molecule has 3 aromatic rings. The summed E-state index contributed by atoms with van der Waals surface area (Å²) in [5, 5.41) is 4.30. The number of amides is 1. The Morgan fingerprint density at radius 2 is 1.93 bits per heavy atom. The molecule has 2 aliphatic carbocycles. The number of anilines is 2. The number of benzene rings is 1. The molecule has 0 bridgehead atoms. The number of nitrogens with zero attached hydrogens (tertiary/aromatic N) is 4. The molecule has 0 atom stereocenters. The SMILES string of the molecule is Cc1cc(SNCCOC2CC3(C2)CN(C(=O)OC(C)(C)C)C3)ccc1Nc1ncc2cc(Cl)c(=O)n(C3CCCC3)c2n1. The standard InChI is InChI=1S/C32H41ClN6O4S/c1-20-13-24(44-35-11-12-42-23-15-32(16-23)18-38(19-32)30(41)43-31(2,3)4)9-10-26(20)36-29-34-17-21-14-25(33)28(40)39(27(21)37-29)22-7-5-6-8-22/h9-10,13-14,17,22-23,35H,5-8,11-12,15-16,18-19H2,1-4H3,(H,34,36,37). The van der Waals surface area contributed by atoms with Crippen LogP contribution >= 0.6 is 23.5 Å². The lowest BCUT2D eigenvalue weighted by Gasteiger charge is -2.58. The minimum atomic E-state index is -0.459. The van der Waals surface area contributed by atoms with Crippen LogP contribution in [0.2, 0.25) is 5.02 Å².